The number of halogens is 2. The van der Waals surface area contributed by atoms with E-state index in [2.05, 4.69) is 0 Å². The topological polar surface area (TPSA) is 26.0 Å². The highest BCUT2D eigenvalue weighted by molar-refractivity contribution is 8.00. The molecule has 0 rings (SSSR count). The van der Waals surface area contributed by atoms with Crippen LogP contribution in [0.5, 0.6) is 0 Å². The third kappa shape index (κ3) is 4.66. The Morgan fingerprint density at radius 1 is 1.56 bits per heavy atom. The van der Waals surface area contributed by atoms with E-state index in [0.717, 1.165) is 0 Å². The van der Waals surface area contributed by atoms with Crippen LogP contribution in [0.4, 0.5) is 8.78 Å². The van der Waals surface area contributed by atoms with Crippen molar-refractivity contribution in [3.05, 3.63) is 0 Å². The third-order valence-corrected chi connectivity index (χ3v) is 1.63. The van der Waals surface area contributed by atoms with Crippen molar-refractivity contribution in [3.8, 4) is 0 Å². The zero-order chi connectivity index (χ0) is 7.49. The lowest BCUT2D eigenvalue weighted by Crippen LogP contribution is -2.25. The fourth-order valence-corrected chi connectivity index (χ4v) is 1.18. The first kappa shape index (κ1) is 9.17. The van der Waals surface area contributed by atoms with Crippen LogP contribution in [0.15, 0.2) is 0 Å². The van der Waals surface area contributed by atoms with E-state index < -0.39 is 11.8 Å². The molecule has 0 aliphatic carbocycles. The van der Waals surface area contributed by atoms with Gasteiger partial charge in [-0.15, -0.1) is 0 Å². The largest absolute Gasteiger partial charge is 0.324 e. The first-order valence-electron chi connectivity index (χ1n) is 2.73. The maximum absolute atomic E-state index is 12.2. The molecule has 0 aromatic heterocycles. The highest BCUT2D eigenvalue weighted by Crippen LogP contribution is 2.30. The second-order valence-corrected chi connectivity index (χ2v) is 3.78. The molecule has 0 fully saturated rings. The van der Waals surface area contributed by atoms with Gasteiger partial charge in [-0.2, -0.15) is 8.78 Å². The number of hydrogen-bond donors (Lipinski definition) is 1. The fourth-order valence-electron chi connectivity index (χ4n) is 0.393. The van der Waals surface area contributed by atoms with Crippen LogP contribution in [-0.2, 0) is 0 Å². The van der Waals surface area contributed by atoms with Crippen LogP contribution in [-0.4, -0.2) is 17.0 Å². The lowest BCUT2D eigenvalue weighted by Gasteiger charge is -2.14. The Labute approximate surface area is 58.0 Å². The summed E-state index contributed by atoms with van der Waals surface area (Å²) in [5.74, 6) is 0. The van der Waals surface area contributed by atoms with E-state index in [1.165, 1.54) is 0 Å². The summed E-state index contributed by atoms with van der Waals surface area (Å²) < 4.78 is 24.5. The number of nitrogens with two attached hydrogens (primary N) is 1. The van der Waals surface area contributed by atoms with Gasteiger partial charge < -0.3 is 5.73 Å². The lowest BCUT2D eigenvalue weighted by atomic mass is 10.6. The molecule has 0 radical (unpaired) electrons. The average Bonchev–Trinajstić information content (AvgIpc) is 1.63. The van der Waals surface area contributed by atoms with Crippen LogP contribution in [0, 0.1) is 0 Å². The van der Waals surface area contributed by atoms with Crippen LogP contribution in [0.1, 0.15) is 13.8 Å². The van der Waals surface area contributed by atoms with E-state index in [1.807, 2.05) is 0 Å². The van der Waals surface area contributed by atoms with Crippen LogP contribution < -0.4 is 5.73 Å². The van der Waals surface area contributed by atoms with Crippen molar-refractivity contribution >= 4 is 11.8 Å². The Bertz CT molecular complexity index is 85.0. The molecule has 0 bridgehead atoms. The monoisotopic (exact) mass is 155 g/mol. The molecule has 0 amide bonds. The molecule has 0 spiro atoms. The molecule has 56 valence electrons. The minimum absolute atomic E-state index is 0.0662. The Kier molecular flexibility index (Phi) is 3.43. The molecule has 1 nitrogen and oxygen atoms in total. The molecular formula is C5H11F2NS. The summed E-state index contributed by atoms with van der Waals surface area (Å²) in [5, 5.41) is -2.81. The minimum atomic E-state index is -2.74. The first-order chi connectivity index (χ1) is 3.98. The molecule has 0 aliphatic rings. The van der Waals surface area contributed by atoms with Gasteiger partial charge in [0.15, 0.2) is 0 Å². The molecule has 9 heavy (non-hydrogen) atoms. The predicted octanol–water partition coefficient (Wildman–Crippen LogP) is 1.68. The molecule has 2 N–H and O–H groups in total. The number of rotatable bonds is 3. The van der Waals surface area contributed by atoms with E-state index >= 15 is 0 Å². The molecule has 4 heteroatoms. The van der Waals surface area contributed by atoms with E-state index in [4.69, 9.17) is 5.73 Å². The van der Waals surface area contributed by atoms with Gasteiger partial charge >= 0.3 is 5.25 Å². The van der Waals surface area contributed by atoms with Gasteiger partial charge in [-0.1, -0.05) is 25.6 Å². The summed E-state index contributed by atoms with van der Waals surface area (Å²) in [7, 11) is 0. The molecular weight excluding hydrogens is 144 g/mol. The molecule has 0 atom stereocenters. The van der Waals surface area contributed by atoms with Crippen molar-refractivity contribution in [2.45, 2.75) is 24.4 Å². The van der Waals surface area contributed by atoms with Crippen LogP contribution in [0.25, 0.3) is 0 Å². The van der Waals surface area contributed by atoms with Crippen LogP contribution in [0.3, 0.4) is 0 Å². The molecule has 0 aromatic carbocycles. The summed E-state index contributed by atoms with van der Waals surface area (Å²) >= 11 is 0.598. The van der Waals surface area contributed by atoms with Crippen molar-refractivity contribution in [1.82, 2.24) is 0 Å². The van der Waals surface area contributed by atoms with Crippen molar-refractivity contribution in [2.24, 2.45) is 5.73 Å². The molecule has 0 saturated carbocycles. The standard InChI is InChI=1S/C5H11F2NS/c1-4(2)9-5(6,7)3-8/h4H,3,8H2,1-2H3. The fraction of sp³-hybridized carbons (Fsp3) is 1.00. The summed E-state index contributed by atoms with van der Waals surface area (Å²) in [5.41, 5.74) is 4.78. The van der Waals surface area contributed by atoms with Gasteiger partial charge in [0.1, 0.15) is 0 Å². The van der Waals surface area contributed by atoms with Crippen molar-refractivity contribution < 1.29 is 8.78 Å². The van der Waals surface area contributed by atoms with Gasteiger partial charge in [-0.25, -0.2) is 0 Å². The number of alkyl halides is 2. The molecule has 0 saturated heterocycles. The highest BCUT2D eigenvalue weighted by Gasteiger charge is 2.28. The van der Waals surface area contributed by atoms with Crippen molar-refractivity contribution in [1.29, 1.82) is 0 Å². The Hall–Kier alpha value is 0.170. The summed E-state index contributed by atoms with van der Waals surface area (Å²) in [6.07, 6.45) is 0. The average molecular weight is 155 g/mol. The third-order valence-electron chi connectivity index (χ3n) is 0.646. The number of thioether (sulfide) groups is 1. The lowest BCUT2D eigenvalue weighted by molar-refractivity contribution is 0.115. The molecule has 0 unspecified atom stereocenters. The Balaban J connectivity index is 3.58. The first-order valence-corrected chi connectivity index (χ1v) is 3.61. The maximum Gasteiger partial charge on any atom is 0.306 e. The minimum Gasteiger partial charge on any atom is -0.324 e. The SMILES string of the molecule is CC(C)SC(F)(F)CN. The summed E-state index contributed by atoms with van der Waals surface area (Å²) in [4.78, 5) is 0. The van der Waals surface area contributed by atoms with Crippen LogP contribution in [0.2, 0.25) is 0 Å². The second-order valence-electron chi connectivity index (χ2n) is 2.01. The molecule has 0 aromatic rings. The van der Waals surface area contributed by atoms with E-state index in [-0.39, 0.29) is 5.25 Å². The van der Waals surface area contributed by atoms with Crippen LogP contribution >= 0.6 is 11.8 Å². The van der Waals surface area contributed by atoms with Gasteiger partial charge in [-0.3, -0.25) is 0 Å². The van der Waals surface area contributed by atoms with Gasteiger partial charge in [0.2, 0.25) is 0 Å². The van der Waals surface area contributed by atoms with Crippen molar-refractivity contribution in [2.75, 3.05) is 6.54 Å². The smallest absolute Gasteiger partial charge is 0.306 e. The zero-order valence-corrected chi connectivity index (χ0v) is 6.34. The van der Waals surface area contributed by atoms with Crippen molar-refractivity contribution in [3.63, 3.8) is 0 Å². The molecule has 0 heterocycles. The van der Waals surface area contributed by atoms with Gasteiger partial charge in [0.05, 0.1) is 6.54 Å². The highest BCUT2D eigenvalue weighted by atomic mass is 32.2. The predicted molar refractivity (Wildman–Crippen MR) is 36.7 cm³/mol. The van der Waals surface area contributed by atoms with Gasteiger partial charge in [0.25, 0.3) is 0 Å². The Morgan fingerprint density at radius 2 is 2.00 bits per heavy atom. The van der Waals surface area contributed by atoms with E-state index in [1.54, 1.807) is 13.8 Å². The number of hydrogen-bond acceptors (Lipinski definition) is 2. The van der Waals surface area contributed by atoms with Gasteiger partial charge in [0, 0.05) is 5.25 Å². The Morgan fingerprint density at radius 3 is 2.11 bits per heavy atom. The normalized spacial score (nSPS) is 12.7. The summed E-state index contributed by atoms with van der Waals surface area (Å²) in [6, 6.07) is 0. The summed E-state index contributed by atoms with van der Waals surface area (Å²) in [6.45, 7) is 2.86. The van der Waals surface area contributed by atoms with E-state index in [0.29, 0.717) is 11.8 Å². The second kappa shape index (κ2) is 3.37. The molecule has 0 aliphatic heterocycles. The quantitative estimate of drug-likeness (QED) is 0.671. The maximum atomic E-state index is 12.2. The van der Waals surface area contributed by atoms with Gasteiger partial charge in [-0.05, 0) is 0 Å². The van der Waals surface area contributed by atoms with E-state index in [9.17, 15) is 8.78 Å². The zero-order valence-electron chi connectivity index (χ0n) is 5.53.